The van der Waals surface area contributed by atoms with E-state index in [0.717, 1.165) is 10.5 Å². The maximum atomic E-state index is 16.0. The van der Waals surface area contributed by atoms with Gasteiger partial charge < -0.3 is 19.1 Å². The number of nitriles is 1. The molecule has 67 heavy (non-hydrogen) atoms. The van der Waals surface area contributed by atoms with Gasteiger partial charge in [0.1, 0.15) is 11.6 Å². The van der Waals surface area contributed by atoms with Gasteiger partial charge in [-0.1, -0.05) is 18.2 Å². The van der Waals surface area contributed by atoms with E-state index in [-0.39, 0.29) is 68.1 Å². The molecular weight excluding hydrogens is 874 g/mol. The van der Waals surface area contributed by atoms with Crippen LogP contribution in [0.4, 0.5) is 29.6 Å². The standard InChI is InChI=1S/C47H47F3N10O7/c1-4-66-38-23-29(7-10-36(38)65-3)34(11-15-51)60-44(62)31-12-16-52-43(41(31)45(60)63)58-21-19-57(20-22-58)39-13-17-56(27-47(39,49)50)26-28-5-8-30(9-6-28)67-37-25-35-32(24-33(37)48)42(54-55(35)2)59-18-14-40(61)53-46(59)64/h5-10,12,16,23-25,34,39H,4,11,13-14,17-22,26-27H2,1-3H3,(H,53,61,64)/t34-,39-/m1/s1. The van der Waals surface area contributed by atoms with Crippen LogP contribution in [0.15, 0.2) is 66.9 Å². The number of urea groups is 1. The Morgan fingerprint density at radius 2 is 1.70 bits per heavy atom. The van der Waals surface area contributed by atoms with Gasteiger partial charge in [0.2, 0.25) is 5.91 Å². The molecule has 6 heterocycles. The summed E-state index contributed by atoms with van der Waals surface area (Å²) in [4.78, 5) is 64.4. The van der Waals surface area contributed by atoms with Gasteiger partial charge in [-0.3, -0.25) is 44.0 Å². The van der Waals surface area contributed by atoms with E-state index in [9.17, 15) is 24.4 Å². The lowest BCUT2D eigenvalue weighted by Gasteiger charge is -2.46. The summed E-state index contributed by atoms with van der Waals surface area (Å²) >= 11 is 0. The number of imide groups is 2. The molecule has 9 rings (SSSR count). The van der Waals surface area contributed by atoms with Gasteiger partial charge in [0.25, 0.3) is 17.7 Å². The van der Waals surface area contributed by atoms with Crippen LogP contribution in [0, 0.1) is 17.1 Å². The number of ether oxygens (including phenoxy) is 3. The third-order valence-electron chi connectivity index (χ3n) is 12.7. The molecule has 5 amide bonds. The zero-order chi connectivity index (χ0) is 47.1. The number of methoxy groups -OCH3 is 1. The number of carbonyl (C=O) groups is 4. The van der Waals surface area contributed by atoms with Gasteiger partial charge in [-0.05, 0) is 60.9 Å². The van der Waals surface area contributed by atoms with Crippen LogP contribution < -0.4 is 29.3 Å². The summed E-state index contributed by atoms with van der Waals surface area (Å²) in [7, 11) is 3.15. The summed E-state index contributed by atoms with van der Waals surface area (Å²) in [5.41, 5.74) is 2.09. The highest BCUT2D eigenvalue weighted by atomic mass is 19.3. The molecule has 3 fully saturated rings. The lowest BCUT2D eigenvalue weighted by molar-refractivity contribution is -0.129. The molecule has 0 bridgehead atoms. The summed E-state index contributed by atoms with van der Waals surface area (Å²) in [6.07, 6.45) is 1.62. The lowest BCUT2D eigenvalue weighted by Crippen LogP contribution is -2.61. The minimum atomic E-state index is -3.03. The number of alkyl halides is 2. The number of amides is 5. The number of aryl methyl sites for hydroxylation is 1. The normalized spacial score (nSPS) is 19.4. The lowest BCUT2D eigenvalue weighted by atomic mass is 9.97. The fourth-order valence-corrected chi connectivity index (χ4v) is 9.48. The number of rotatable bonds is 13. The summed E-state index contributed by atoms with van der Waals surface area (Å²) in [5, 5.41) is 16.8. The van der Waals surface area contributed by atoms with E-state index in [1.165, 1.54) is 41.1 Å². The number of halogens is 3. The van der Waals surface area contributed by atoms with E-state index in [2.05, 4.69) is 21.5 Å². The van der Waals surface area contributed by atoms with Gasteiger partial charge in [-0.25, -0.2) is 22.9 Å². The topological polar surface area (TPSA) is 179 Å². The van der Waals surface area contributed by atoms with Crippen molar-refractivity contribution in [2.24, 2.45) is 7.05 Å². The van der Waals surface area contributed by atoms with Crippen molar-refractivity contribution in [3.63, 3.8) is 0 Å². The number of nitrogens with one attached hydrogen (secondary N) is 1. The number of pyridine rings is 1. The molecular formula is C47H47F3N10O7. The molecule has 4 aliphatic heterocycles. The highest BCUT2D eigenvalue weighted by molar-refractivity contribution is 6.23. The summed E-state index contributed by atoms with van der Waals surface area (Å²) in [6, 6.07) is 15.6. The molecule has 4 aliphatic rings. The molecule has 5 aromatic rings. The van der Waals surface area contributed by atoms with Gasteiger partial charge >= 0.3 is 6.03 Å². The number of nitrogens with zero attached hydrogens (tertiary/aromatic N) is 9. The van der Waals surface area contributed by atoms with Crippen molar-refractivity contribution in [2.75, 3.05) is 69.3 Å². The first-order chi connectivity index (χ1) is 32.3. The van der Waals surface area contributed by atoms with Crippen molar-refractivity contribution in [1.82, 2.24) is 34.8 Å². The number of fused-ring (bicyclic) bond motifs is 2. The molecule has 3 saturated heterocycles. The largest absolute Gasteiger partial charge is 0.493 e. The van der Waals surface area contributed by atoms with Crippen molar-refractivity contribution < 1.29 is 46.6 Å². The van der Waals surface area contributed by atoms with Crippen LogP contribution in [0.3, 0.4) is 0 Å². The molecule has 3 aromatic carbocycles. The van der Waals surface area contributed by atoms with Crippen LogP contribution in [0.5, 0.6) is 23.0 Å². The molecule has 20 heteroatoms. The number of hydrogen-bond acceptors (Lipinski definition) is 13. The van der Waals surface area contributed by atoms with Crippen LogP contribution in [0.1, 0.15) is 64.1 Å². The first kappa shape index (κ1) is 44.9. The average Bonchev–Trinajstić information content (AvgIpc) is 3.76. The second-order valence-electron chi connectivity index (χ2n) is 16.8. The number of aromatic nitrogens is 3. The number of piperazine rings is 1. The molecule has 0 spiro atoms. The van der Waals surface area contributed by atoms with Crippen molar-refractivity contribution in [3.8, 4) is 29.1 Å². The zero-order valence-electron chi connectivity index (χ0n) is 37.0. The predicted molar refractivity (Wildman–Crippen MR) is 237 cm³/mol. The van der Waals surface area contributed by atoms with Crippen molar-refractivity contribution in [2.45, 2.75) is 50.7 Å². The predicted octanol–water partition coefficient (Wildman–Crippen LogP) is 6.04. The zero-order valence-corrected chi connectivity index (χ0v) is 37.0. The molecule has 2 aromatic heterocycles. The van der Waals surface area contributed by atoms with E-state index in [4.69, 9.17) is 14.2 Å². The molecule has 2 atom stereocenters. The number of carbonyl (C=O) groups excluding carboxylic acids is 4. The number of likely N-dealkylation sites (tertiary alicyclic amines) is 1. The molecule has 0 unspecified atom stereocenters. The summed E-state index contributed by atoms with van der Waals surface area (Å²) < 4.78 is 66.0. The number of hydrogen-bond donors (Lipinski definition) is 1. The number of piperidine rings is 1. The van der Waals surface area contributed by atoms with E-state index in [1.54, 1.807) is 59.3 Å². The molecule has 0 saturated carbocycles. The Labute approximate surface area is 383 Å². The van der Waals surface area contributed by atoms with Crippen molar-refractivity contribution in [3.05, 3.63) is 94.9 Å². The van der Waals surface area contributed by atoms with E-state index in [1.807, 2.05) is 11.8 Å². The number of anilines is 2. The van der Waals surface area contributed by atoms with Gasteiger partial charge in [-0.2, -0.15) is 10.4 Å². The maximum Gasteiger partial charge on any atom is 0.329 e. The summed E-state index contributed by atoms with van der Waals surface area (Å²) in [6.45, 7) is 3.69. The first-order valence-electron chi connectivity index (χ1n) is 22.0. The molecule has 0 aliphatic carbocycles. The van der Waals surface area contributed by atoms with Crippen LogP contribution >= 0.6 is 0 Å². The molecule has 17 nitrogen and oxygen atoms in total. The van der Waals surface area contributed by atoms with Crippen molar-refractivity contribution >= 4 is 46.3 Å². The monoisotopic (exact) mass is 920 g/mol. The van der Waals surface area contributed by atoms with Crippen LogP contribution in [-0.2, 0) is 18.4 Å². The van der Waals surface area contributed by atoms with Gasteiger partial charge in [0, 0.05) is 76.9 Å². The highest BCUT2D eigenvalue weighted by Gasteiger charge is 2.49. The third kappa shape index (κ3) is 8.55. The highest BCUT2D eigenvalue weighted by Crippen LogP contribution is 2.41. The van der Waals surface area contributed by atoms with Gasteiger partial charge in [0.05, 0.1) is 61.5 Å². The number of benzene rings is 3. The Bertz CT molecular complexity index is 2810. The Hall–Kier alpha value is -7.24. The molecule has 0 radical (unpaired) electrons. The van der Waals surface area contributed by atoms with E-state index in [0.29, 0.717) is 65.8 Å². The Morgan fingerprint density at radius 1 is 0.925 bits per heavy atom. The smallest absolute Gasteiger partial charge is 0.329 e. The van der Waals surface area contributed by atoms with Crippen LogP contribution in [-0.4, -0.2) is 125 Å². The van der Waals surface area contributed by atoms with Crippen molar-refractivity contribution in [1.29, 1.82) is 5.26 Å². The van der Waals surface area contributed by atoms with Gasteiger partial charge in [-0.15, -0.1) is 0 Å². The summed E-state index contributed by atoms with van der Waals surface area (Å²) in [5.74, 6) is -3.59. The molecule has 1 N–H and O–H groups in total. The molecule has 348 valence electrons. The second kappa shape index (κ2) is 18.2. The first-order valence-corrected chi connectivity index (χ1v) is 22.0. The Morgan fingerprint density at radius 3 is 2.40 bits per heavy atom. The maximum absolute atomic E-state index is 16.0. The third-order valence-corrected chi connectivity index (χ3v) is 12.7. The Kier molecular flexibility index (Phi) is 12.2. The van der Waals surface area contributed by atoms with E-state index < -0.39 is 54.1 Å². The SMILES string of the molecule is CCOc1cc([C@@H](CC#N)N2C(=O)c3ccnc(N4CCN([C@@H]5CCN(Cc6ccc(Oc7cc8c(cc7F)c(N7CCC(=O)NC7=O)nn8C)cc6)CC5(F)F)CC4)c3C2=O)ccc1OC. The second-order valence-corrected chi connectivity index (χ2v) is 16.8. The fraction of sp³-hybridized carbons (Fsp3) is 0.383. The Balaban J connectivity index is 0.812. The van der Waals surface area contributed by atoms with Gasteiger partial charge in [0.15, 0.2) is 28.9 Å². The average molecular weight is 921 g/mol. The van der Waals surface area contributed by atoms with Crippen LogP contribution in [0.2, 0.25) is 0 Å². The minimum absolute atomic E-state index is 0.0716. The van der Waals surface area contributed by atoms with Crippen LogP contribution in [0.25, 0.3) is 10.9 Å². The fourth-order valence-electron chi connectivity index (χ4n) is 9.48. The quantitative estimate of drug-likeness (QED) is 0.135. The minimum Gasteiger partial charge on any atom is -0.493 e. The van der Waals surface area contributed by atoms with E-state index >= 15 is 13.2 Å².